The van der Waals surface area contributed by atoms with E-state index in [4.69, 9.17) is 4.52 Å². The van der Waals surface area contributed by atoms with Gasteiger partial charge in [-0.25, -0.2) is 4.98 Å². The van der Waals surface area contributed by atoms with Gasteiger partial charge in [0.15, 0.2) is 5.82 Å². The average Bonchev–Trinajstić information content (AvgIpc) is 2.90. The topological polar surface area (TPSA) is 75.9 Å². The highest BCUT2D eigenvalue weighted by molar-refractivity contribution is 5.51. The Bertz CT molecular complexity index is 812. The molecule has 3 rings (SSSR count). The molecule has 0 aliphatic heterocycles. The molecule has 2 N–H and O–H groups in total. The largest absolute Gasteiger partial charge is 0.366 e. The van der Waals surface area contributed by atoms with Crippen molar-refractivity contribution >= 4 is 17.6 Å². The molecular formula is C17H19N5O. The van der Waals surface area contributed by atoms with Crippen LogP contribution in [0.2, 0.25) is 0 Å². The molecule has 0 fully saturated rings. The maximum Gasteiger partial charge on any atom is 0.230 e. The van der Waals surface area contributed by atoms with E-state index in [-0.39, 0.29) is 0 Å². The first-order valence-corrected chi connectivity index (χ1v) is 7.44. The highest BCUT2D eigenvalue weighted by atomic mass is 16.5. The van der Waals surface area contributed by atoms with E-state index >= 15 is 0 Å². The van der Waals surface area contributed by atoms with Gasteiger partial charge in [-0.15, -0.1) is 0 Å². The maximum absolute atomic E-state index is 5.03. The number of rotatable bonds is 5. The highest BCUT2D eigenvalue weighted by Crippen LogP contribution is 2.16. The molecule has 0 aliphatic rings. The minimum atomic E-state index is 0.491. The minimum absolute atomic E-state index is 0.491. The predicted molar refractivity (Wildman–Crippen MR) is 89.8 cm³/mol. The van der Waals surface area contributed by atoms with Crippen molar-refractivity contribution in [3.63, 3.8) is 0 Å². The molecule has 6 heteroatoms. The molecule has 118 valence electrons. The number of anilines is 3. The van der Waals surface area contributed by atoms with Crippen LogP contribution in [0.1, 0.15) is 22.6 Å². The SMILES string of the molecule is Cc1cccc(CNc2cc(C)nc(Nc3cc(C)on3)n2)c1. The molecule has 0 spiro atoms. The zero-order valence-corrected chi connectivity index (χ0v) is 13.4. The van der Waals surface area contributed by atoms with E-state index in [9.17, 15) is 0 Å². The van der Waals surface area contributed by atoms with E-state index in [0.29, 0.717) is 18.3 Å². The number of aromatic nitrogens is 3. The summed E-state index contributed by atoms with van der Waals surface area (Å²) in [4.78, 5) is 8.82. The molecular weight excluding hydrogens is 290 g/mol. The number of hydrogen-bond acceptors (Lipinski definition) is 6. The standard InChI is InChI=1S/C17H19N5O/c1-11-5-4-6-14(7-11)10-18-15-8-12(2)19-17(20-15)21-16-9-13(3)23-22-16/h4-9H,10H2,1-3H3,(H2,18,19,20,21,22). The predicted octanol–water partition coefficient (Wildman–Crippen LogP) is 3.75. The molecule has 6 nitrogen and oxygen atoms in total. The Balaban J connectivity index is 1.72. The third kappa shape index (κ3) is 4.06. The second-order valence-corrected chi connectivity index (χ2v) is 5.51. The van der Waals surface area contributed by atoms with Crippen LogP contribution in [0.4, 0.5) is 17.6 Å². The molecule has 23 heavy (non-hydrogen) atoms. The zero-order valence-electron chi connectivity index (χ0n) is 13.4. The van der Waals surface area contributed by atoms with Gasteiger partial charge in [0.2, 0.25) is 5.95 Å². The van der Waals surface area contributed by atoms with Gasteiger partial charge in [-0.05, 0) is 26.3 Å². The van der Waals surface area contributed by atoms with E-state index in [1.165, 1.54) is 11.1 Å². The second kappa shape index (κ2) is 6.48. The summed E-state index contributed by atoms with van der Waals surface area (Å²) in [5, 5.41) is 10.3. The van der Waals surface area contributed by atoms with Crippen LogP contribution < -0.4 is 10.6 Å². The third-order valence-electron chi connectivity index (χ3n) is 3.28. The lowest BCUT2D eigenvalue weighted by molar-refractivity contribution is 0.400. The third-order valence-corrected chi connectivity index (χ3v) is 3.28. The molecule has 0 atom stereocenters. The van der Waals surface area contributed by atoms with Gasteiger partial charge in [0.1, 0.15) is 11.6 Å². The van der Waals surface area contributed by atoms with Gasteiger partial charge >= 0.3 is 0 Å². The summed E-state index contributed by atoms with van der Waals surface area (Å²) in [7, 11) is 0. The Morgan fingerprint density at radius 1 is 1.00 bits per heavy atom. The van der Waals surface area contributed by atoms with Crippen molar-refractivity contribution in [2.45, 2.75) is 27.3 Å². The Hall–Kier alpha value is -2.89. The number of nitrogens with one attached hydrogen (secondary N) is 2. The molecule has 0 amide bonds. The molecule has 0 aliphatic carbocycles. The van der Waals surface area contributed by atoms with Crippen molar-refractivity contribution in [2.24, 2.45) is 0 Å². The minimum Gasteiger partial charge on any atom is -0.366 e. The monoisotopic (exact) mass is 309 g/mol. The van der Waals surface area contributed by atoms with Crippen molar-refractivity contribution in [1.29, 1.82) is 0 Å². The molecule has 0 bridgehead atoms. The van der Waals surface area contributed by atoms with E-state index in [1.807, 2.05) is 19.9 Å². The van der Waals surface area contributed by atoms with Gasteiger partial charge in [-0.2, -0.15) is 4.98 Å². The van der Waals surface area contributed by atoms with Crippen LogP contribution in [0.25, 0.3) is 0 Å². The summed E-state index contributed by atoms with van der Waals surface area (Å²) in [5.41, 5.74) is 3.32. The fourth-order valence-corrected chi connectivity index (χ4v) is 2.27. The van der Waals surface area contributed by atoms with Crippen molar-refractivity contribution in [1.82, 2.24) is 15.1 Å². The van der Waals surface area contributed by atoms with Gasteiger partial charge in [0, 0.05) is 24.4 Å². The summed E-state index contributed by atoms with van der Waals surface area (Å²) in [6.45, 7) is 6.56. The number of aryl methyl sites for hydroxylation is 3. The van der Waals surface area contributed by atoms with Crippen LogP contribution in [0.5, 0.6) is 0 Å². The van der Waals surface area contributed by atoms with Gasteiger partial charge in [-0.1, -0.05) is 35.0 Å². The lowest BCUT2D eigenvalue weighted by Gasteiger charge is -2.09. The Labute approximate surface area is 135 Å². The quantitative estimate of drug-likeness (QED) is 0.747. The van der Waals surface area contributed by atoms with Crippen LogP contribution in [-0.2, 0) is 6.54 Å². The normalized spacial score (nSPS) is 10.6. The van der Waals surface area contributed by atoms with Crippen LogP contribution in [0, 0.1) is 20.8 Å². The molecule has 3 aromatic rings. The van der Waals surface area contributed by atoms with Crippen LogP contribution in [0.15, 0.2) is 40.9 Å². The molecule has 1 aromatic carbocycles. The highest BCUT2D eigenvalue weighted by Gasteiger charge is 2.06. The van der Waals surface area contributed by atoms with Gasteiger partial charge in [0.05, 0.1) is 0 Å². The molecule has 0 saturated heterocycles. The van der Waals surface area contributed by atoms with Crippen molar-refractivity contribution in [3.8, 4) is 0 Å². The molecule has 0 saturated carbocycles. The van der Waals surface area contributed by atoms with E-state index in [1.54, 1.807) is 6.07 Å². The molecule has 0 unspecified atom stereocenters. The fourth-order valence-electron chi connectivity index (χ4n) is 2.27. The summed E-state index contributed by atoms with van der Waals surface area (Å²) >= 11 is 0. The zero-order chi connectivity index (χ0) is 16.2. The Kier molecular flexibility index (Phi) is 4.23. The van der Waals surface area contributed by atoms with Crippen LogP contribution in [0.3, 0.4) is 0 Å². The van der Waals surface area contributed by atoms with Crippen molar-refractivity contribution in [3.05, 3.63) is 59.0 Å². The van der Waals surface area contributed by atoms with Crippen LogP contribution >= 0.6 is 0 Å². The Morgan fingerprint density at radius 3 is 2.61 bits per heavy atom. The van der Waals surface area contributed by atoms with Gasteiger partial charge in [0.25, 0.3) is 0 Å². The van der Waals surface area contributed by atoms with E-state index < -0.39 is 0 Å². The number of hydrogen-bond donors (Lipinski definition) is 2. The van der Waals surface area contributed by atoms with Gasteiger partial charge < -0.3 is 15.2 Å². The van der Waals surface area contributed by atoms with Gasteiger partial charge in [-0.3, -0.25) is 0 Å². The lowest BCUT2D eigenvalue weighted by Crippen LogP contribution is -2.05. The summed E-state index contributed by atoms with van der Waals surface area (Å²) in [6.07, 6.45) is 0. The summed E-state index contributed by atoms with van der Waals surface area (Å²) in [6, 6.07) is 12.1. The second-order valence-electron chi connectivity index (χ2n) is 5.51. The Morgan fingerprint density at radius 2 is 1.87 bits per heavy atom. The smallest absolute Gasteiger partial charge is 0.230 e. The molecule has 0 radical (unpaired) electrons. The maximum atomic E-state index is 5.03. The summed E-state index contributed by atoms with van der Waals surface area (Å²) < 4.78 is 5.03. The lowest BCUT2D eigenvalue weighted by atomic mass is 10.1. The molecule has 2 aromatic heterocycles. The average molecular weight is 309 g/mol. The first-order valence-electron chi connectivity index (χ1n) is 7.44. The summed E-state index contributed by atoms with van der Waals surface area (Å²) in [5.74, 6) is 2.59. The van der Waals surface area contributed by atoms with Crippen LogP contribution in [-0.4, -0.2) is 15.1 Å². The number of benzene rings is 1. The molecule has 2 heterocycles. The first kappa shape index (κ1) is 15.0. The number of nitrogens with zero attached hydrogens (tertiary/aromatic N) is 3. The van der Waals surface area contributed by atoms with E-state index in [2.05, 4.69) is 56.9 Å². The van der Waals surface area contributed by atoms with Crippen molar-refractivity contribution < 1.29 is 4.52 Å². The first-order chi connectivity index (χ1) is 11.1. The van der Waals surface area contributed by atoms with E-state index in [0.717, 1.165) is 17.3 Å². The van der Waals surface area contributed by atoms with Crippen molar-refractivity contribution in [2.75, 3.05) is 10.6 Å². The fraction of sp³-hybridized carbons (Fsp3) is 0.235.